The molecule has 112 valence electrons. The van der Waals surface area contributed by atoms with Crippen molar-refractivity contribution in [1.82, 2.24) is 4.90 Å². The molecule has 1 aliphatic heterocycles. The molecule has 2 rings (SSSR count). The summed E-state index contributed by atoms with van der Waals surface area (Å²) < 4.78 is 16.5. The molecule has 0 amide bonds. The Morgan fingerprint density at radius 3 is 2.45 bits per heavy atom. The third-order valence-electron chi connectivity index (χ3n) is 3.55. The molecule has 0 atom stereocenters. The van der Waals surface area contributed by atoms with Gasteiger partial charge in [-0.3, -0.25) is 0 Å². The molecular formula is C16H25NO3. The van der Waals surface area contributed by atoms with Gasteiger partial charge in [0.25, 0.3) is 0 Å². The van der Waals surface area contributed by atoms with Crippen molar-refractivity contribution in [3.8, 4) is 11.5 Å². The fourth-order valence-electron chi connectivity index (χ4n) is 2.43. The zero-order chi connectivity index (χ0) is 14.0. The number of likely N-dealkylation sites (tertiary alicyclic amines) is 1. The molecule has 0 aromatic heterocycles. The van der Waals surface area contributed by atoms with Crippen molar-refractivity contribution in [1.29, 1.82) is 0 Å². The molecule has 0 N–H and O–H groups in total. The topological polar surface area (TPSA) is 30.9 Å². The van der Waals surface area contributed by atoms with E-state index in [4.69, 9.17) is 14.2 Å². The lowest BCUT2D eigenvalue weighted by atomic mass is 10.1. The quantitative estimate of drug-likeness (QED) is 0.684. The lowest BCUT2D eigenvalue weighted by molar-refractivity contribution is 0.0744. The summed E-state index contributed by atoms with van der Waals surface area (Å²) in [6, 6.07) is 7.68. The Morgan fingerprint density at radius 2 is 1.70 bits per heavy atom. The van der Waals surface area contributed by atoms with Gasteiger partial charge < -0.3 is 19.1 Å². The van der Waals surface area contributed by atoms with Crippen LogP contribution in [0.3, 0.4) is 0 Å². The highest BCUT2D eigenvalue weighted by atomic mass is 16.5. The van der Waals surface area contributed by atoms with Crippen LogP contribution in [0.25, 0.3) is 0 Å². The van der Waals surface area contributed by atoms with Crippen molar-refractivity contribution in [2.75, 3.05) is 46.6 Å². The summed E-state index contributed by atoms with van der Waals surface area (Å²) in [5.41, 5.74) is 0. The molecule has 1 saturated heterocycles. The van der Waals surface area contributed by atoms with E-state index in [-0.39, 0.29) is 0 Å². The number of nitrogens with zero attached hydrogens (tertiary/aromatic N) is 1. The van der Waals surface area contributed by atoms with Crippen molar-refractivity contribution in [3.63, 3.8) is 0 Å². The number of methoxy groups -OCH3 is 1. The van der Waals surface area contributed by atoms with Crippen LogP contribution in [0.5, 0.6) is 11.5 Å². The zero-order valence-corrected chi connectivity index (χ0v) is 12.3. The number of benzene rings is 1. The molecule has 20 heavy (non-hydrogen) atoms. The average Bonchev–Trinajstić information content (AvgIpc) is 2.52. The van der Waals surface area contributed by atoms with E-state index in [1.165, 1.54) is 32.4 Å². The molecule has 0 unspecified atom stereocenters. The fourth-order valence-corrected chi connectivity index (χ4v) is 2.43. The van der Waals surface area contributed by atoms with E-state index in [1.807, 2.05) is 24.3 Å². The number of rotatable bonds is 8. The van der Waals surface area contributed by atoms with Crippen molar-refractivity contribution >= 4 is 0 Å². The van der Waals surface area contributed by atoms with Crippen molar-refractivity contribution in [2.45, 2.75) is 19.3 Å². The van der Waals surface area contributed by atoms with Crippen LogP contribution in [0.2, 0.25) is 0 Å². The van der Waals surface area contributed by atoms with Gasteiger partial charge in [-0.05, 0) is 38.1 Å². The van der Waals surface area contributed by atoms with Crippen molar-refractivity contribution in [2.24, 2.45) is 0 Å². The van der Waals surface area contributed by atoms with E-state index in [2.05, 4.69) is 4.90 Å². The first-order valence-corrected chi connectivity index (χ1v) is 7.46. The summed E-state index contributed by atoms with van der Waals surface area (Å²) in [4.78, 5) is 2.48. The van der Waals surface area contributed by atoms with Crippen molar-refractivity contribution < 1.29 is 14.2 Å². The second kappa shape index (κ2) is 8.82. The minimum absolute atomic E-state index is 0.556. The van der Waals surface area contributed by atoms with Gasteiger partial charge >= 0.3 is 0 Å². The fraction of sp³-hybridized carbons (Fsp3) is 0.625. The van der Waals surface area contributed by atoms with Gasteiger partial charge in [0.1, 0.15) is 6.61 Å². The van der Waals surface area contributed by atoms with E-state index >= 15 is 0 Å². The SMILES string of the molecule is COc1ccccc1OCCOCCN1CCCCC1. The van der Waals surface area contributed by atoms with Crippen LogP contribution in [-0.4, -0.2) is 51.5 Å². The number of ether oxygens (including phenoxy) is 3. The van der Waals surface area contributed by atoms with Gasteiger partial charge in [-0.2, -0.15) is 0 Å². The van der Waals surface area contributed by atoms with Gasteiger partial charge in [-0.25, -0.2) is 0 Å². The Hall–Kier alpha value is -1.26. The van der Waals surface area contributed by atoms with Crippen LogP contribution in [0.15, 0.2) is 24.3 Å². The van der Waals surface area contributed by atoms with Crippen LogP contribution in [0, 0.1) is 0 Å². The molecule has 0 bridgehead atoms. The lowest BCUT2D eigenvalue weighted by Gasteiger charge is -2.26. The van der Waals surface area contributed by atoms with E-state index < -0.39 is 0 Å². The molecule has 1 aromatic rings. The highest BCUT2D eigenvalue weighted by molar-refractivity contribution is 5.39. The van der Waals surface area contributed by atoms with Gasteiger partial charge in [0.05, 0.1) is 20.3 Å². The molecule has 4 heteroatoms. The number of piperidine rings is 1. The highest BCUT2D eigenvalue weighted by Crippen LogP contribution is 2.25. The summed E-state index contributed by atoms with van der Waals surface area (Å²) in [6.45, 7) is 5.44. The molecule has 0 saturated carbocycles. The van der Waals surface area contributed by atoms with Gasteiger partial charge in [0.15, 0.2) is 11.5 Å². The first kappa shape index (κ1) is 15.1. The van der Waals surface area contributed by atoms with E-state index in [1.54, 1.807) is 7.11 Å². The predicted octanol–water partition coefficient (Wildman–Crippen LogP) is 2.58. The van der Waals surface area contributed by atoms with Crippen LogP contribution in [0.1, 0.15) is 19.3 Å². The smallest absolute Gasteiger partial charge is 0.161 e. The standard InChI is InChI=1S/C16H25NO3/c1-18-15-7-3-4-8-16(15)20-14-13-19-12-11-17-9-5-2-6-10-17/h3-4,7-8H,2,5-6,9-14H2,1H3. The minimum Gasteiger partial charge on any atom is -0.493 e. The van der Waals surface area contributed by atoms with Gasteiger partial charge in [-0.15, -0.1) is 0 Å². The Labute approximate surface area is 121 Å². The minimum atomic E-state index is 0.556. The molecule has 1 aliphatic rings. The Bertz CT molecular complexity index is 378. The second-order valence-corrected chi connectivity index (χ2v) is 5.01. The van der Waals surface area contributed by atoms with E-state index in [0.717, 1.165) is 24.7 Å². The summed E-state index contributed by atoms with van der Waals surface area (Å²) in [5, 5.41) is 0. The van der Waals surface area contributed by atoms with Crippen LogP contribution >= 0.6 is 0 Å². The molecule has 4 nitrogen and oxygen atoms in total. The Kier molecular flexibility index (Phi) is 6.68. The molecule has 1 fully saturated rings. The summed E-state index contributed by atoms with van der Waals surface area (Å²) in [5.74, 6) is 1.54. The summed E-state index contributed by atoms with van der Waals surface area (Å²) >= 11 is 0. The number of hydrogen-bond acceptors (Lipinski definition) is 4. The maximum absolute atomic E-state index is 5.66. The maximum Gasteiger partial charge on any atom is 0.161 e. The molecule has 0 radical (unpaired) electrons. The normalized spacial score (nSPS) is 16.1. The van der Waals surface area contributed by atoms with Crippen LogP contribution in [0.4, 0.5) is 0 Å². The zero-order valence-electron chi connectivity index (χ0n) is 12.3. The van der Waals surface area contributed by atoms with E-state index in [9.17, 15) is 0 Å². The van der Waals surface area contributed by atoms with E-state index in [0.29, 0.717) is 13.2 Å². The number of hydrogen-bond donors (Lipinski definition) is 0. The predicted molar refractivity (Wildman–Crippen MR) is 79.6 cm³/mol. The van der Waals surface area contributed by atoms with Crippen LogP contribution < -0.4 is 9.47 Å². The molecule has 1 aromatic carbocycles. The molecule has 0 spiro atoms. The summed E-state index contributed by atoms with van der Waals surface area (Å²) in [6.07, 6.45) is 4.04. The van der Waals surface area contributed by atoms with Gasteiger partial charge in [0, 0.05) is 6.54 Å². The van der Waals surface area contributed by atoms with Crippen LogP contribution in [-0.2, 0) is 4.74 Å². The monoisotopic (exact) mass is 279 g/mol. The Morgan fingerprint density at radius 1 is 0.950 bits per heavy atom. The van der Waals surface area contributed by atoms with Gasteiger partial charge in [-0.1, -0.05) is 18.6 Å². The Balaban J connectivity index is 1.55. The second-order valence-electron chi connectivity index (χ2n) is 5.01. The first-order chi connectivity index (χ1) is 9.90. The van der Waals surface area contributed by atoms with Crippen molar-refractivity contribution in [3.05, 3.63) is 24.3 Å². The highest BCUT2D eigenvalue weighted by Gasteiger charge is 2.09. The molecular weight excluding hydrogens is 254 g/mol. The first-order valence-electron chi connectivity index (χ1n) is 7.46. The maximum atomic E-state index is 5.66. The molecule has 1 heterocycles. The third-order valence-corrected chi connectivity index (χ3v) is 3.55. The summed E-state index contributed by atoms with van der Waals surface area (Å²) in [7, 11) is 1.65. The van der Waals surface area contributed by atoms with Gasteiger partial charge in [0.2, 0.25) is 0 Å². The third kappa shape index (κ3) is 5.02. The molecule has 0 aliphatic carbocycles. The average molecular weight is 279 g/mol. The number of para-hydroxylation sites is 2. The largest absolute Gasteiger partial charge is 0.493 e. The lowest BCUT2D eigenvalue weighted by Crippen LogP contribution is -2.32.